The van der Waals surface area contributed by atoms with E-state index in [2.05, 4.69) is 39.5 Å². The first-order valence-electron chi connectivity index (χ1n) is 5.83. The molecule has 0 aliphatic carbocycles. The van der Waals surface area contributed by atoms with Crippen LogP contribution in [-0.4, -0.2) is 0 Å². The maximum atomic E-state index is 6.41. The summed E-state index contributed by atoms with van der Waals surface area (Å²) in [6.45, 7) is 0. The van der Waals surface area contributed by atoms with Gasteiger partial charge in [-0.15, -0.1) is 11.3 Å². The molecule has 3 aromatic rings. The average molecular weight is 353 g/mol. The Kier molecular flexibility index (Phi) is 3.63. The monoisotopic (exact) mass is 351 g/mol. The molecule has 19 heavy (non-hydrogen) atoms. The van der Waals surface area contributed by atoms with Gasteiger partial charge in [0.1, 0.15) is 0 Å². The number of benzene rings is 2. The molecule has 0 amide bonds. The molecule has 1 unspecified atom stereocenters. The molecule has 1 heterocycles. The molecule has 0 fully saturated rings. The van der Waals surface area contributed by atoms with Crippen LogP contribution in [0, 0.1) is 0 Å². The van der Waals surface area contributed by atoms with E-state index in [1.54, 1.807) is 11.3 Å². The molecule has 4 heteroatoms. The molecule has 1 aromatic heterocycles. The van der Waals surface area contributed by atoms with Gasteiger partial charge in [-0.25, -0.2) is 0 Å². The fourth-order valence-electron chi connectivity index (χ4n) is 2.18. The van der Waals surface area contributed by atoms with Crippen molar-refractivity contribution in [1.29, 1.82) is 0 Å². The van der Waals surface area contributed by atoms with Gasteiger partial charge in [0, 0.05) is 14.2 Å². The fourth-order valence-corrected chi connectivity index (χ4v) is 3.75. The lowest BCUT2D eigenvalue weighted by Gasteiger charge is -2.15. The zero-order valence-corrected chi connectivity index (χ0v) is 13.1. The van der Waals surface area contributed by atoms with Crippen LogP contribution in [0.5, 0.6) is 0 Å². The van der Waals surface area contributed by atoms with Gasteiger partial charge in [-0.05, 0) is 46.2 Å². The highest BCUT2D eigenvalue weighted by atomic mass is 79.9. The summed E-state index contributed by atoms with van der Waals surface area (Å²) in [4.78, 5) is 0. The van der Waals surface area contributed by atoms with Gasteiger partial charge < -0.3 is 5.73 Å². The highest BCUT2D eigenvalue weighted by Crippen LogP contribution is 2.34. The largest absolute Gasteiger partial charge is 0.320 e. The quantitative estimate of drug-likeness (QED) is 0.659. The summed E-state index contributed by atoms with van der Waals surface area (Å²) in [5.74, 6) is 0. The third kappa shape index (κ3) is 2.43. The van der Waals surface area contributed by atoms with Crippen molar-refractivity contribution in [2.45, 2.75) is 6.04 Å². The summed E-state index contributed by atoms with van der Waals surface area (Å²) in [6.07, 6.45) is 0. The number of halogens is 2. The molecule has 2 aromatic carbocycles. The molecule has 0 radical (unpaired) electrons. The summed E-state index contributed by atoms with van der Waals surface area (Å²) in [6, 6.07) is 13.9. The van der Waals surface area contributed by atoms with Crippen molar-refractivity contribution in [1.82, 2.24) is 0 Å². The molecule has 96 valence electrons. The number of thiophene rings is 1. The van der Waals surface area contributed by atoms with Crippen molar-refractivity contribution in [2.75, 3.05) is 0 Å². The maximum Gasteiger partial charge on any atom is 0.0581 e. The molecule has 1 atom stereocenters. The van der Waals surface area contributed by atoms with Gasteiger partial charge in [0.05, 0.1) is 6.04 Å². The average Bonchev–Trinajstić information content (AvgIpc) is 2.89. The molecule has 0 aliphatic rings. The van der Waals surface area contributed by atoms with Crippen molar-refractivity contribution < 1.29 is 0 Å². The SMILES string of the molecule is NC(c1cc(Br)ccc1Cl)c1cccc2ccsc12. The van der Waals surface area contributed by atoms with Crippen LogP contribution in [0.1, 0.15) is 17.2 Å². The second-order valence-corrected chi connectivity index (χ2v) is 6.57. The van der Waals surface area contributed by atoms with Crippen molar-refractivity contribution in [3.05, 3.63) is 68.5 Å². The highest BCUT2D eigenvalue weighted by Gasteiger charge is 2.16. The molecule has 0 aliphatic heterocycles. The number of fused-ring (bicyclic) bond motifs is 1. The van der Waals surface area contributed by atoms with Crippen LogP contribution in [0.3, 0.4) is 0 Å². The number of rotatable bonds is 2. The Bertz CT molecular complexity index is 738. The minimum absolute atomic E-state index is 0.215. The van der Waals surface area contributed by atoms with Gasteiger partial charge in [-0.1, -0.05) is 45.7 Å². The van der Waals surface area contributed by atoms with Crippen LogP contribution in [0.4, 0.5) is 0 Å². The van der Waals surface area contributed by atoms with Crippen molar-refractivity contribution in [3.8, 4) is 0 Å². The van der Waals surface area contributed by atoms with Crippen LogP contribution in [0.25, 0.3) is 10.1 Å². The molecule has 0 saturated heterocycles. The van der Waals surface area contributed by atoms with Crippen molar-refractivity contribution >= 4 is 49.0 Å². The smallest absolute Gasteiger partial charge is 0.0581 e. The second-order valence-electron chi connectivity index (χ2n) is 4.33. The molecule has 0 bridgehead atoms. The number of hydrogen-bond donors (Lipinski definition) is 1. The first-order valence-corrected chi connectivity index (χ1v) is 7.88. The Morgan fingerprint density at radius 2 is 1.95 bits per heavy atom. The molecular formula is C15H11BrClNS. The van der Waals surface area contributed by atoms with Crippen molar-refractivity contribution in [3.63, 3.8) is 0 Å². The normalized spacial score (nSPS) is 12.8. The van der Waals surface area contributed by atoms with Crippen molar-refractivity contribution in [2.24, 2.45) is 5.73 Å². The van der Waals surface area contributed by atoms with Gasteiger partial charge in [-0.3, -0.25) is 0 Å². The van der Waals surface area contributed by atoms with Crippen LogP contribution in [0.15, 0.2) is 52.3 Å². The lowest BCUT2D eigenvalue weighted by molar-refractivity contribution is 0.882. The molecule has 1 nitrogen and oxygen atoms in total. The minimum Gasteiger partial charge on any atom is -0.320 e. The highest BCUT2D eigenvalue weighted by molar-refractivity contribution is 9.10. The lowest BCUT2D eigenvalue weighted by Crippen LogP contribution is -2.12. The second kappa shape index (κ2) is 5.25. The minimum atomic E-state index is -0.215. The van der Waals surface area contributed by atoms with E-state index in [-0.39, 0.29) is 6.04 Å². The van der Waals surface area contributed by atoms with E-state index in [0.717, 1.165) is 15.6 Å². The Morgan fingerprint density at radius 3 is 2.79 bits per heavy atom. The molecular weight excluding hydrogens is 342 g/mol. The maximum absolute atomic E-state index is 6.41. The van der Waals surface area contributed by atoms with Gasteiger partial charge >= 0.3 is 0 Å². The first-order chi connectivity index (χ1) is 9.16. The summed E-state index contributed by atoms with van der Waals surface area (Å²) >= 11 is 11.4. The van der Waals surface area contributed by atoms with E-state index in [4.69, 9.17) is 17.3 Å². The van der Waals surface area contributed by atoms with E-state index >= 15 is 0 Å². The Labute approximate surface area is 129 Å². The number of nitrogens with two attached hydrogens (primary N) is 1. The van der Waals surface area contributed by atoms with Gasteiger partial charge in [0.2, 0.25) is 0 Å². The predicted molar refractivity (Wildman–Crippen MR) is 87.0 cm³/mol. The van der Waals surface area contributed by atoms with Gasteiger partial charge in [0.25, 0.3) is 0 Å². The standard InChI is InChI=1S/C15H11BrClNS/c16-10-4-5-13(17)12(8-10)14(18)11-3-1-2-9-6-7-19-15(9)11/h1-8,14H,18H2. The lowest BCUT2D eigenvalue weighted by atomic mass is 9.98. The van der Waals surface area contributed by atoms with Crippen LogP contribution >= 0.6 is 38.9 Å². The van der Waals surface area contributed by atoms with Gasteiger partial charge in [0.15, 0.2) is 0 Å². The molecule has 3 rings (SSSR count). The molecule has 2 N–H and O–H groups in total. The van der Waals surface area contributed by atoms with E-state index in [9.17, 15) is 0 Å². The van der Waals surface area contributed by atoms with Gasteiger partial charge in [-0.2, -0.15) is 0 Å². The molecule has 0 saturated carbocycles. The summed E-state index contributed by atoms with van der Waals surface area (Å²) in [5.41, 5.74) is 8.47. The zero-order chi connectivity index (χ0) is 13.4. The molecule has 0 spiro atoms. The summed E-state index contributed by atoms with van der Waals surface area (Å²) in [5, 5.41) is 4.01. The van der Waals surface area contributed by atoms with Crippen LogP contribution in [-0.2, 0) is 0 Å². The summed E-state index contributed by atoms with van der Waals surface area (Å²) < 4.78 is 2.21. The third-order valence-corrected chi connectivity index (χ3v) is 4.95. The van der Waals surface area contributed by atoms with E-state index in [0.29, 0.717) is 5.02 Å². The fraction of sp³-hybridized carbons (Fsp3) is 0.0667. The van der Waals surface area contributed by atoms with Crippen LogP contribution < -0.4 is 5.73 Å². The predicted octanol–water partition coefficient (Wildman–Crippen LogP) is 5.37. The Morgan fingerprint density at radius 1 is 1.11 bits per heavy atom. The summed E-state index contributed by atoms with van der Waals surface area (Å²) in [7, 11) is 0. The Hall–Kier alpha value is -0.870. The van der Waals surface area contributed by atoms with E-state index < -0.39 is 0 Å². The van der Waals surface area contributed by atoms with E-state index in [1.807, 2.05) is 24.3 Å². The topological polar surface area (TPSA) is 26.0 Å². The zero-order valence-electron chi connectivity index (χ0n) is 9.94. The number of hydrogen-bond acceptors (Lipinski definition) is 2. The first kappa shape index (κ1) is 13.1. The third-order valence-electron chi connectivity index (χ3n) is 3.14. The Balaban J connectivity index is 2.15. The van der Waals surface area contributed by atoms with Crippen LogP contribution in [0.2, 0.25) is 5.02 Å². The van der Waals surface area contributed by atoms with E-state index in [1.165, 1.54) is 10.1 Å².